The Balaban J connectivity index is 3.62. The van der Waals surface area contributed by atoms with Crippen molar-refractivity contribution in [1.29, 1.82) is 0 Å². The number of aliphatic hydroxyl groups is 1. The second-order valence-electron chi connectivity index (χ2n) is 3.43. The van der Waals surface area contributed by atoms with Crippen molar-refractivity contribution >= 4 is 5.91 Å². The Bertz CT molecular complexity index is 158. The fourth-order valence-corrected chi connectivity index (χ4v) is 1.19. The summed E-state index contributed by atoms with van der Waals surface area (Å²) in [6.07, 6.45) is 0.506. The first-order valence-electron chi connectivity index (χ1n) is 5.26. The van der Waals surface area contributed by atoms with Crippen molar-refractivity contribution in [2.24, 2.45) is 0 Å². The van der Waals surface area contributed by atoms with Gasteiger partial charge in [-0.15, -0.1) is 0 Å². The molecule has 0 saturated heterocycles. The van der Waals surface area contributed by atoms with Crippen LogP contribution in [0.2, 0.25) is 0 Å². The van der Waals surface area contributed by atoms with Gasteiger partial charge in [-0.2, -0.15) is 0 Å². The van der Waals surface area contributed by atoms with Crippen LogP contribution < -0.4 is 5.32 Å². The van der Waals surface area contributed by atoms with Crippen LogP contribution in [-0.4, -0.2) is 48.2 Å². The molecule has 0 radical (unpaired) electrons. The van der Waals surface area contributed by atoms with E-state index in [0.717, 1.165) is 19.6 Å². The van der Waals surface area contributed by atoms with Gasteiger partial charge in [-0.3, -0.25) is 4.79 Å². The molecule has 0 aliphatic rings. The highest BCUT2D eigenvalue weighted by molar-refractivity contribution is 5.76. The van der Waals surface area contributed by atoms with E-state index in [-0.39, 0.29) is 18.6 Å². The van der Waals surface area contributed by atoms with Crippen LogP contribution >= 0.6 is 0 Å². The second-order valence-corrected chi connectivity index (χ2v) is 3.43. The van der Waals surface area contributed by atoms with Gasteiger partial charge >= 0.3 is 0 Å². The predicted molar refractivity (Wildman–Crippen MR) is 57.1 cm³/mol. The van der Waals surface area contributed by atoms with Gasteiger partial charge in [0.15, 0.2) is 0 Å². The van der Waals surface area contributed by atoms with Crippen LogP contribution in [0.1, 0.15) is 27.2 Å². The molecule has 1 unspecified atom stereocenters. The maximum absolute atomic E-state index is 11.3. The monoisotopic (exact) mass is 202 g/mol. The Labute approximate surface area is 86.3 Å². The molecule has 2 N–H and O–H groups in total. The van der Waals surface area contributed by atoms with E-state index in [4.69, 9.17) is 5.11 Å². The Morgan fingerprint density at radius 2 is 2.00 bits per heavy atom. The highest BCUT2D eigenvalue weighted by Gasteiger charge is 2.07. The van der Waals surface area contributed by atoms with E-state index < -0.39 is 0 Å². The van der Waals surface area contributed by atoms with Crippen molar-refractivity contribution in [3.8, 4) is 0 Å². The van der Waals surface area contributed by atoms with E-state index in [0.29, 0.717) is 6.42 Å². The van der Waals surface area contributed by atoms with Crippen LogP contribution in [0.5, 0.6) is 0 Å². The summed E-state index contributed by atoms with van der Waals surface area (Å²) in [7, 11) is 0. The molecule has 0 aliphatic heterocycles. The zero-order valence-corrected chi connectivity index (χ0v) is 9.42. The highest BCUT2D eigenvalue weighted by Crippen LogP contribution is 1.91. The topological polar surface area (TPSA) is 52.6 Å². The Morgan fingerprint density at radius 1 is 1.43 bits per heavy atom. The molecule has 1 atom stereocenters. The van der Waals surface area contributed by atoms with Gasteiger partial charge in [0, 0.05) is 19.0 Å². The van der Waals surface area contributed by atoms with E-state index in [1.165, 1.54) is 0 Å². The summed E-state index contributed by atoms with van der Waals surface area (Å²) in [5, 5.41) is 11.4. The van der Waals surface area contributed by atoms with Gasteiger partial charge in [0.25, 0.3) is 0 Å². The number of nitrogens with one attached hydrogen (secondary N) is 1. The van der Waals surface area contributed by atoms with Crippen molar-refractivity contribution in [2.75, 3.05) is 26.2 Å². The molecule has 84 valence electrons. The fourth-order valence-electron chi connectivity index (χ4n) is 1.19. The van der Waals surface area contributed by atoms with Crippen molar-refractivity contribution in [1.82, 2.24) is 10.2 Å². The van der Waals surface area contributed by atoms with E-state index in [1.807, 2.05) is 0 Å². The first kappa shape index (κ1) is 13.4. The summed E-state index contributed by atoms with van der Waals surface area (Å²) >= 11 is 0. The fraction of sp³-hybridized carbons (Fsp3) is 0.900. The van der Waals surface area contributed by atoms with Gasteiger partial charge in [-0.05, 0) is 20.0 Å². The number of carbonyl (C=O) groups is 1. The molecule has 0 bridgehead atoms. The lowest BCUT2D eigenvalue weighted by molar-refractivity contribution is -0.122. The summed E-state index contributed by atoms with van der Waals surface area (Å²) in [5.74, 6) is 0.0125. The average molecular weight is 202 g/mol. The molecule has 0 aromatic heterocycles. The maximum Gasteiger partial charge on any atom is 0.221 e. The first-order valence-corrected chi connectivity index (χ1v) is 5.26. The molecule has 4 heteroatoms. The summed E-state index contributed by atoms with van der Waals surface area (Å²) in [6.45, 7) is 8.68. The van der Waals surface area contributed by atoms with Gasteiger partial charge in [-0.25, -0.2) is 0 Å². The zero-order valence-electron chi connectivity index (χ0n) is 9.42. The summed E-state index contributed by atoms with van der Waals surface area (Å²) in [5.41, 5.74) is 0. The predicted octanol–water partition coefficient (Wildman–Crippen LogP) is 0.215. The minimum absolute atomic E-state index is 0.00297. The number of rotatable bonds is 7. The van der Waals surface area contributed by atoms with E-state index in [1.54, 1.807) is 6.92 Å². The Morgan fingerprint density at radius 3 is 2.43 bits per heavy atom. The zero-order chi connectivity index (χ0) is 11.0. The molecule has 1 amide bonds. The van der Waals surface area contributed by atoms with Crippen LogP contribution in [-0.2, 0) is 4.79 Å². The van der Waals surface area contributed by atoms with Crippen LogP contribution in [0.3, 0.4) is 0 Å². The molecule has 14 heavy (non-hydrogen) atoms. The molecule has 0 rings (SSSR count). The van der Waals surface area contributed by atoms with Crippen molar-refractivity contribution in [2.45, 2.75) is 33.2 Å². The maximum atomic E-state index is 11.3. The molecule has 0 saturated carbocycles. The number of carbonyl (C=O) groups excluding carboxylic acids is 1. The van der Waals surface area contributed by atoms with Gasteiger partial charge < -0.3 is 15.3 Å². The molecule has 0 heterocycles. The van der Waals surface area contributed by atoms with E-state index >= 15 is 0 Å². The van der Waals surface area contributed by atoms with Crippen LogP contribution in [0.25, 0.3) is 0 Å². The lowest BCUT2D eigenvalue weighted by Crippen LogP contribution is -2.37. The molecule has 0 aliphatic carbocycles. The molecule has 0 spiro atoms. The van der Waals surface area contributed by atoms with Crippen molar-refractivity contribution in [3.63, 3.8) is 0 Å². The third-order valence-electron chi connectivity index (χ3n) is 2.23. The minimum Gasteiger partial charge on any atom is -0.394 e. The summed E-state index contributed by atoms with van der Waals surface area (Å²) < 4.78 is 0. The second kappa shape index (κ2) is 7.76. The molecule has 0 aromatic rings. The summed E-state index contributed by atoms with van der Waals surface area (Å²) in [6, 6.07) is -0.140. The third-order valence-corrected chi connectivity index (χ3v) is 2.23. The molecule has 0 aromatic carbocycles. The van der Waals surface area contributed by atoms with Gasteiger partial charge in [0.2, 0.25) is 5.91 Å². The van der Waals surface area contributed by atoms with Crippen LogP contribution in [0.15, 0.2) is 0 Å². The van der Waals surface area contributed by atoms with Crippen molar-refractivity contribution in [3.05, 3.63) is 0 Å². The number of hydrogen-bond acceptors (Lipinski definition) is 3. The van der Waals surface area contributed by atoms with Gasteiger partial charge in [0.1, 0.15) is 0 Å². The Kier molecular flexibility index (Phi) is 7.42. The molecule has 0 fully saturated rings. The molecular weight excluding hydrogens is 180 g/mol. The average Bonchev–Trinajstić information content (AvgIpc) is 2.19. The largest absolute Gasteiger partial charge is 0.394 e. The number of aliphatic hydroxyl groups excluding tert-OH is 1. The van der Waals surface area contributed by atoms with E-state index in [9.17, 15) is 4.79 Å². The number of amides is 1. The third kappa shape index (κ3) is 5.94. The standard InChI is InChI=1S/C10H22N2O2/c1-4-12(5-2)7-6-10(14)11-9(3)8-13/h9,13H,4-8H2,1-3H3,(H,11,14). The lowest BCUT2D eigenvalue weighted by Gasteiger charge is -2.18. The Hall–Kier alpha value is -0.610. The normalized spacial score (nSPS) is 12.9. The van der Waals surface area contributed by atoms with Gasteiger partial charge in [-0.1, -0.05) is 13.8 Å². The van der Waals surface area contributed by atoms with Crippen LogP contribution in [0, 0.1) is 0 Å². The molecular formula is C10H22N2O2. The first-order chi connectivity index (χ1) is 6.63. The minimum atomic E-state index is -0.140. The van der Waals surface area contributed by atoms with Gasteiger partial charge in [0.05, 0.1) is 6.61 Å². The van der Waals surface area contributed by atoms with Crippen LogP contribution in [0.4, 0.5) is 0 Å². The SMILES string of the molecule is CCN(CC)CCC(=O)NC(C)CO. The quantitative estimate of drug-likeness (QED) is 0.621. The summed E-state index contributed by atoms with van der Waals surface area (Å²) in [4.78, 5) is 13.5. The smallest absolute Gasteiger partial charge is 0.221 e. The van der Waals surface area contributed by atoms with E-state index in [2.05, 4.69) is 24.1 Å². The van der Waals surface area contributed by atoms with Crippen molar-refractivity contribution < 1.29 is 9.90 Å². The lowest BCUT2D eigenvalue weighted by atomic mass is 10.3. The number of hydrogen-bond donors (Lipinski definition) is 2. The molecule has 4 nitrogen and oxygen atoms in total. The number of nitrogens with zero attached hydrogens (tertiary/aromatic N) is 1. The highest BCUT2D eigenvalue weighted by atomic mass is 16.3.